The van der Waals surface area contributed by atoms with E-state index in [2.05, 4.69) is 36.1 Å². The number of nitrogens with one attached hydrogen (secondary N) is 1. The minimum Gasteiger partial charge on any atom is -0.369 e. The molecule has 0 saturated carbocycles. The number of halogens is 1. The lowest BCUT2D eigenvalue weighted by Gasteiger charge is -2.17. The van der Waals surface area contributed by atoms with Crippen molar-refractivity contribution in [3.05, 3.63) is 40.8 Å². The molecule has 0 aliphatic rings. The molecule has 1 aromatic heterocycles. The highest BCUT2D eigenvalue weighted by Gasteiger charge is 2.17. The van der Waals surface area contributed by atoms with Gasteiger partial charge in [-0.3, -0.25) is 0 Å². The summed E-state index contributed by atoms with van der Waals surface area (Å²) in [6.07, 6.45) is 0. The number of rotatable bonds is 5. The molecule has 0 radical (unpaired) electrons. The zero-order chi connectivity index (χ0) is 15.4. The number of benzene rings is 1. The first-order chi connectivity index (χ1) is 10.0. The second kappa shape index (κ2) is 7.14. The molecule has 1 aromatic carbocycles. The second-order valence-electron chi connectivity index (χ2n) is 5.05. The number of aryl methyl sites for hydroxylation is 1. The monoisotopic (exact) mass is 321 g/mol. The molecule has 21 heavy (non-hydrogen) atoms. The van der Waals surface area contributed by atoms with Gasteiger partial charge in [-0.25, -0.2) is 9.97 Å². The van der Waals surface area contributed by atoms with Gasteiger partial charge in [0.2, 0.25) is 0 Å². The Balaban J connectivity index is 2.51. The van der Waals surface area contributed by atoms with Crippen LogP contribution in [0.25, 0.3) is 0 Å². The van der Waals surface area contributed by atoms with Gasteiger partial charge in [-0.05, 0) is 31.9 Å². The highest BCUT2D eigenvalue weighted by Crippen LogP contribution is 2.40. The smallest absolute Gasteiger partial charge is 0.144 e. The summed E-state index contributed by atoms with van der Waals surface area (Å²) in [5.74, 6) is 2.01. The third-order valence-electron chi connectivity index (χ3n) is 2.94. The third-order valence-corrected chi connectivity index (χ3v) is 4.57. The van der Waals surface area contributed by atoms with Gasteiger partial charge in [0.15, 0.2) is 0 Å². The van der Waals surface area contributed by atoms with E-state index >= 15 is 0 Å². The van der Waals surface area contributed by atoms with Crippen LogP contribution in [0.15, 0.2) is 34.1 Å². The molecule has 3 nitrogen and oxygen atoms in total. The normalized spacial score (nSPS) is 11.0. The molecule has 0 aliphatic carbocycles. The summed E-state index contributed by atoms with van der Waals surface area (Å²) in [5, 5.41) is 4.09. The number of hydrogen-bond acceptors (Lipinski definition) is 4. The average Bonchev–Trinajstić information content (AvgIpc) is 2.43. The number of nitrogens with zero attached hydrogens (tertiary/aromatic N) is 2. The fourth-order valence-electron chi connectivity index (χ4n) is 2.00. The molecule has 2 rings (SSSR count). The number of anilines is 1. The number of hydrogen-bond donors (Lipinski definition) is 1. The van der Waals surface area contributed by atoms with E-state index in [1.165, 1.54) is 0 Å². The maximum Gasteiger partial charge on any atom is 0.144 e. The van der Waals surface area contributed by atoms with Crippen LogP contribution in [0, 0.1) is 6.92 Å². The largest absolute Gasteiger partial charge is 0.369 e. The molecule has 0 unspecified atom stereocenters. The van der Waals surface area contributed by atoms with Crippen LogP contribution in [-0.4, -0.2) is 16.5 Å². The molecule has 0 bridgehead atoms. The molecular formula is C16H20ClN3S. The van der Waals surface area contributed by atoms with Crippen molar-refractivity contribution >= 4 is 29.2 Å². The molecule has 1 N–H and O–H groups in total. The topological polar surface area (TPSA) is 37.8 Å². The van der Waals surface area contributed by atoms with Crippen LogP contribution < -0.4 is 5.32 Å². The van der Waals surface area contributed by atoms with Crippen LogP contribution in [0.3, 0.4) is 0 Å². The molecule has 0 aliphatic heterocycles. The van der Waals surface area contributed by atoms with Crippen molar-refractivity contribution < 1.29 is 0 Å². The van der Waals surface area contributed by atoms with Crippen molar-refractivity contribution in [3.8, 4) is 0 Å². The Bertz CT molecular complexity index is 629. The molecule has 0 spiro atoms. The Morgan fingerprint density at radius 1 is 1.24 bits per heavy atom. The molecule has 2 aromatic rings. The van der Waals surface area contributed by atoms with Gasteiger partial charge in [0.1, 0.15) is 11.6 Å². The van der Waals surface area contributed by atoms with E-state index in [4.69, 9.17) is 11.6 Å². The fourth-order valence-corrected chi connectivity index (χ4v) is 3.38. The molecule has 0 fully saturated rings. The maximum atomic E-state index is 6.28. The first-order valence-electron chi connectivity index (χ1n) is 7.07. The van der Waals surface area contributed by atoms with Gasteiger partial charge < -0.3 is 5.32 Å². The van der Waals surface area contributed by atoms with Crippen molar-refractivity contribution in [2.45, 2.75) is 43.4 Å². The van der Waals surface area contributed by atoms with Crippen molar-refractivity contribution in [3.63, 3.8) is 0 Å². The van der Waals surface area contributed by atoms with E-state index < -0.39 is 0 Å². The molecule has 112 valence electrons. The summed E-state index contributed by atoms with van der Waals surface area (Å²) < 4.78 is 0. The van der Waals surface area contributed by atoms with Crippen LogP contribution in [0.1, 0.15) is 38.2 Å². The Morgan fingerprint density at radius 2 is 1.95 bits per heavy atom. The second-order valence-corrected chi connectivity index (χ2v) is 6.51. The van der Waals surface area contributed by atoms with Gasteiger partial charge in [-0.2, -0.15) is 0 Å². The van der Waals surface area contributed by atoms with E-state index in [1.54, 1.807) is 11.8 Å². The lowest BCUT2D eigenvalue weighted by Crippen LogP contribution is -2.08. The molecule has 0 atom stereocenters. The van der Waals surface area contributed by atoms with Crippen LogP contribution >= 0.6 is 23.4 Å². The van der Waals surface area contributed by atoms with Gasteiger partial charge in [-0.15, -0.1) is 0 Å². The number of aromatic nitrogens is 2. The highest BCUT2D eigenvalue weighted by atomic mass is 35.5. The van der Waals surface area contributed by atoms with Crippen LogP contribution in [0.4, 0.5) is 5.82 Å². The van der Waals surface area contributed by atoms with Crippen LogP contribution in [0.5, 0.6) is 0 Å². The van der Waals surface area contributed by atoms with E-state index in [9.17, 15) is 0 Å². The van der Waals surface area contributed by atoms with Crippen molar-refractivity contribution in [2.75, 3.05) is 11.9 Å². The molecule has 0 saturated heterocycles. The minimum atomic E-state index is 0.328. The van der Waals surface area contributed by atoms with E-state index in [0.29, 0.717) is 5.92 Å². The summed E-state index contributed by atoms with van der Waals surface area (Å²) in [6, 6.07) is 7.85. The standard InChI is InChI=1S/C16H20ClN3S/c1-5-18-16-15(14(10(2)3)19-11(4)20-16)21-13-9-7-6-8-12(13)17/h6-10H,5H2,1-4H3,(H,18,19,20). The lowest BCUT2D eigenvalue weighted by molar-refractivity contribution is 0.771. The summed E-state index contributed by atoms with van der Waals surface area (Å²) in [5.41, 5.74) is 1.06. The van der Waals surface area contributed by atoms with Crippen molar-refractivity contribution in [1.29, 1.82) is 0 Å². The SMILES string of the molecule is CCNc1nc(C)nc(C(C)C)c1Sc1ccccc1Cl. The highest BCUT2D eigenvalue weighted by molar-refractivity contribution is 7.99. The molecule has 0 amide bonds. The van der Waals surface area contributed by atoms with E-state index in [1.807, 2.05) is 31.2 Å². The summed E-state index contributed by atoms with van der Waals surface area (Å²) in [7, 11) is 0. The lowest BCUT2D eigenvalue weighted by atomic mass is 10.1. The average molecular weight is 322 g/mol. The maximum absolute atomic E-state index is 6.28. The van der Waals surface area contributed by atoms with Gasteiger partial charge in [0.25, 0.3) is 0 Å². The predicted octanol–water partition coefficient (Wildman–Crippen LogP) is 5.14. The zero-order valence-electron chi connectivity index (χ0n) is 12.8. The summed E-state index contributed by atoms with van der Waals surface area (Å²) in [6.45, 7) is 9.11. The van der Waals surface area contributed by atoms with E-state index in [0.717, 1.165) is 38.7 Å². The predicted molar refractivity (Wildman–Crippen MR) is 90.6 cm³/mol. The first kappa shape index (κ1) is 16.1. The van der Waals surface area contributed by atoms with E-state index in [-0.39, 0.29) is 0 Å². The Labute approximate surface area is 135 Å². The minimum absolute atomic E-state index is 0.328. The van der Waals surface area contributed by atoms with Gasteiger partial charge >= 0.3 is 0 Å². The van der Waals surface area contributed by atoms with Gasteiger partial charge in [-0.1, -0.05) is 49.3 Å². The van der Waals surface area contributed by atoms with Crippen LogP contribution in [0.2, 0.25) is 5.02 Å². The Hall–Kier alpha value is -1.26. The molecule has 1 heterocycles. The summed E-state index contributed by atoms with van der Waals surface area (Å²) >= 11 is 7.91. The van der Waals surface area contributed by atoms with Gasteiger partial charge in [0, 0.05) is 11.4 Å². The van der Waals surface area contributed by atoms with Gasteiger partial charge in [0.05, 0.1) is 15.6 Å². The quantitative estimate of drug-likeness (QED) is 0.827. The first-order valence-corrected chi connectivity index (χ1v) is 8.27. The molecule has 5 heteroatoms. The van der Waals surface area contributed by atoms with Crippen molar-refractivity contribution in [2.24, 2.45) is 0 Å². The molecular weight excluding hydrogens is 302 g/mol. The zero-order valence-corrected chi connectivity index (χ0v) is 14.3. The summed E-state index contributed by atoms with van der Waals surface area (Å²) in [4.78, 5) is 11.3. The Morgan fingerprint density at radius 3 is 2.57 bits per heavy atom. The van der Waals surface area contributed by atoms with Crippen LogP contribution in [-0.2, 0) is 0 Å². The Kier molecular flexibility index (Phi) is 5.48. The van der Waals surface area contributed by atoms with Crippen molar-refractivity contribution in [1.82, 2.24) is 9.97 Å². The third kappa shape index (κ3) is 3.89. The fraction of sp³-hybridized carbons (Fsp3) is 0.375.